The van der Waals surface area contributed by atoms with Crippen LogP contribution in [0.1, 0.15) is 23.7 Å². The molecule has 0 aliphatic carbocycles. The summed E-state index contributed by atoms with van der Waals surface area (Å²) in [5.41, 5.74) is 2.64. The van der Waals surface area contributed by atoms with Crippen LogP contribution in [0.15, 0.2) is 30.6 Å². The first-order valence-electron chi connectivity index (χ1n) is 6.83. The van der Waals surface area contributed by atoms with E-state index in [2.05, 4.69) is 10.1 Å². The molecule has 0 bridgehead atoms. The SMILES string of the molecule is Cc1cnn(CCn2c(C(C)Cl)nc3ccc(F)cc32)c1. The van der Waals surface area contributed by atoms with Gasteiger partial charge in [0.05, 0.1) is 29.2 Å². The lowest BCUT2D eigenvalue weighted by Crippen LogP contribution is -2.11. The molecule has 0 fully saturated rings. The number of benzene rings is 1. The average molecular weight is 307 g/mol. The fraction of sp³-hybridized carbons (Fsp3) is 0.333. The van der Waals surface area contributed by atoms with E-state index < -0.39 is 0 Å². The highest BCUT2D eigenvalue weighted by atomic mass is 35.5. The van der Waals surface area contributed by atoms with Gasteiger partial charge in [-0.2, -0.15) is 5.10 Å². The number of rotatable bonds is 4. The van der Waals surface area contributed by atoms with Crippen LogP contribution in [0.3, 0.4) is 0 Å². The summed E-state index contributed by atoms with van der Waals surface area (Å²) in [5.74, 6) is 0.480. The number of hydrogen-bond acceptors (Lipinski definition) is 2. The van der Waals surface area contributed by atoms with Crippen molar-refractivity contribution in [3.63, 3.8) is 0 Å². The Morgan fingerprint density at radius 3 is 2.81 bits per heavy atom. The summed E-state index contributed by atoms with van der Waals surface area (Å²) in [6.07, 6.45) is 3.79. The molecule has 3 rings (SSSR count). The van der Waals surface area contributed by atoms with Crippen molar-refractivity contribution < 1.29 is 4.39 Å². The third-order valence-electron chi connectivity index (χ3n) is 3.41. The third-order valence-corrected chi connectivity index (χ3v) is 3.61. The average Bonchev–Trinajstić information content (AvgIpc) is 3.00. The van der Waals surface area contributed by atoms with Crippen molar-refractivity contribution in [2.45, 2.75) is 32.3 Å². The maximum absolute atomic E-state index is 13.5. The zero-order valence-corrected chi connectivity index (χ0v) is 12.7. The van der Waals surface area contributed by atoms with Crippen molar-refractivity contribution in [2.75, 3.05) is 0 Å². The Bertz CT molecular complexity index is 775. The molecule has 1 aromatic carbocycles. The second-order valence-corrected chi connectivity index (χ2v) is 5.81. The number of fused-ring (bicyclic) bond motifs is 1. The van der Waals surface area contributed by atoms with Crippen molar-refractivity contribution >= 4 is 22.6 Å². The van der Waals surface area contributed by atoms with Crippen molar-refractivity contribution in [3.05, 3.63) is 47.8 Å². The second kappa shape index (κ2) is 5.48. The number of aryl methyl sites for hydroxylation is 3. The Morgan fingerprint density at radius 1 is 1.33 bits per heavy atom. The van der Waals surface area contributed by atoms with E-state index in [0.29, 0.717) is 13.1 Å². The van der Waals surface area contributed by atoms with Gasteiger partial charge in [0.15, 0.2) is 0 Å². The van der Waals surface area contributed by atoms with E-state index in [4.69, 9.17) is 11.6 Å². The molecular weight excluding hydrogens is 291 g/mol. The lowest BCUT2D eigenvalue weighted by atomic mass is 10.3. The van der Waals surface area contributed by atoms with Gasteiger partial charge in [0.25, 0.3) is 0 Å². The number of alkyl halides is 1. The molecule has 21 heavy (non-hydrogen) atoms. The largest absolute Gasteiger partial charge is 0.325 e. The molecule has 0 aliphatic heterocycles. The summed E-state index contributed by atoms with van der Waals surface area (Å²) < 4.78 is 17.3. The molecule has 110 valence electrons. The Kier molecular flexibility index (Phi) is 3.68. The van der Waals surface area contributed by atoms with Gasteiger partial charge in [-0.3, -0.25) is 4.68 Å². The topological polar surface area (TPSA) is 35.6 Å². The molecule has 0 saturated carbocycles. The number of imidazole rings is 1. The van der Waals surface area contributed by atoms with E-state index in [-0.39, 0.29) is 11.2 Å². The lowest BCUT2D eigenvalue weighted by molar-refractivity contribution is 0.527. The van der Waals surface area contributed by atoms with Gasteiger partial charge < -0.3 is 4.57 Å². The highest BCUT2D eigenvalue weighted by molar-refractivity contribution is 6.20. The molecule has 0 N–H and O–H groups in total. The Morgan fingerprint density at radius 2 is 2.14 bits per heavy atom. The van der Waals surface area contributed by atoms with Crippen LogP contribution in [0.5, 0.6) is 0 Å². The van der Waals surface area contributed by atoms with Gasteiger partial charge in [0.2, 0.25) is 0 Å². The maximum atomic E-state index is 13.5. The van der Waals surface area contributed by atoms with E-state index in [1.807, 2.05) is 35.5 Å². The normalized spacial score (nSPS) is 13.0. The molecule has 2 aromatic heterocycles. The molecule has 0 spiro atoms. The first-order valence-corrected chi connectivity index (χ1v) is 7.27. The fourth-order valence-corrected chi connectivity index (χ4v) is 2.61. The maximum Gasteiger partial charge on any atom is 0.127 e. The molecule has 1 unspecified atom stereocenters. The van der Waals surface area contributed by atoms with Crippen LogP contribution < -0.4 is 0 Å². The van der Waals surface area contributed by atoms with Crippen LogP contribution in [0.4, 0.5) is 4.39 Å². The summed E-state index contributed by atoms with van der Waals surface area (Å²) >= 11 is 6.21. The summed E-state index contributed by atoms with van der Waals surface area (Å²) in [5, 5.41) is 4.03. The zero-order chi connectivity index (χ0) is 15.0. The zero-order valence-electron chi connectivity index (χ0n) is 11.9. The molecular formula is C15H16ClFN4. The molecule has 0 radical (unpaired) electrons. The highest BCUT2D eigenvalue weighted by Gasteiger charge is 2.15. The number of nitrogens with zero attached hydrogens (tertiary/aromatic N) is 4. The number of aromatic nitrogens is 4. The molecule has 0 aliphatic rings. The van der Waals surface area contributed by atoms with Gasteiger partial charge in [-0.05, 0) is 37.6 Å². The minimum Gasteiger partial charge on any atom is -0.325 e. The third kappa shape index (κ3) is 2.78. The van der Waals surface area contributed by atoms with Crippen molar-refractivity contribution in [3.8, 4) is 0 Å². The minimum absolute atomic E-state index is 0.236. The van der Waals surface area contributed by atoms with Gasteiger partial charge in [-0.25, -0.2) is 9.37 Å². The predicted molar refractivity (Wildman–Crippen MR) is 80.9 cm³/mol. The van der Waals surface area contributed by atoms with Gasteiger partial charge in [0.1, 0.15) is 11.6 Å². The van der Waals surface area contributed by atoms with Crippen molar-refractivity contribution in [2.24, 2.45) is 0 Å². The molecule has 2 heterocycles. The first kappa shape index (κ1) is 14.1. The molecule has 1 atom stereocenters. The van der Waals surface area contributed by atoms with Gasteiger partial charge >= 0.3 is 0 Å². The van der Waals surface area contributed by atoms with Crippen LogP contribution in [0, 0.1) is 12.7 Å². The summed E-state index contributed by atoms with van der Waals surface area (Å²) in [4.78, 5) is 4.51. The van der Waals surface area contributed by atoms with E-state index >= 15 is 0 Å². The van der Waals surface area contributed by atoms with Gasteiger partial charge in [0, 0.05) is 12.7 Å². The molecule has 3 aromatic rings. The summed E-state index contributed by atoms with van der Waals surface area (Å²) in [6.45, 7) is 5.20. The summed E-state index contributed by atoms with van der Waals surface area (Å²) in [7, 11) is 0. The van der Waals surface area contributed by atoms with Crippen molar-refractivity contribution in [1.82, 2.24) is 19.3 Å². The summed E-state index contributed by atoms with van der Waals surface area (Å²) in [6, 6.07) is 4.60. The quantitative estimate of drug-likeness (QED) is 0.689. The van der Waals surface area contributed by atoms with Gasteiger partial charge in [-0.15, -0.1) is 11.6 Å². The van der Waals surface area contributed by atoms with E-state index in [9.17, 15) is 4.39 Å². The lowest BCUT2D eigenvalue weighted by Gasteiger charge is -2.10. The molecule has 0 saturated heterocycles. The highest BCUT2D eigenvalue weighted by Crippen LogP contribution is 2.25. The number of halogens is 2. The Balaban J connectivity index is 1.98. The predicted octanol–water partition coefficient (Wildman–Crippen LogP) is 3.68. The van der Waals surface area contributed by atoms with Gasteiger partial charge in [-0.1, -0.05) is 0 Å². The second-order valence-electron chi connectivity index (χ2n) is 5.15. The standard InChI is InChI=1S/C15H16ClFN4/c1-10-8-18-20(9-10)5-6-21-14-7-12(17)3-4-13(14)19-15(21)11(2)16/h3-4,7-9,11H,5-6H2,1-2H3. The first-order chi connectivity index (χ1) is 10.0. The van der Waals surface area contributed by atoms with Crippen LogP contribution in [-0.4, -0.2) is 19.3 Å². The van der Waals surface area contributed by atoms with Crippen LogP contribution in [-0.2, 0) is 13.1 Å². The van der Waals surface area contributed by atoms with Crippen LogP contribution in [0.25, 0.3) is 11.0 Å². The molecule has 4 nitrogen and oxygen atoms in total. The monoisotopic (exact) mass is 306 g/mol. The minimum atomic E-state index is -0.271. The Hall–Kier alpha value is -1.88. The Labute approximate surface area is 127 Å². The molecule has 6 heteroatoms. The van der Waals surface area contributed by atoms with E-state index in [1.54, 1.807) is 6.07 Å². The van der Waals surface area contributed by atoms with E-state index in [1.165, 1.54) is 12.1 Å². The van der Waals surface area contributed by atoms with E-state index in [0.717, 1.165) is 22.4 Å². The number of hydrogen-bond donors (Lipinski definition) is 0. The smallest absolute Gasteiger partial charge is 0.127 e. The van der Waals surface area contributed by atoms with Crippen LogP contribution >= 0.6 is 11.6 Å². The van der Waals surface area contributed by atoms with Crippen molar-refractivity contribution in [1.29, 1.82) is 0 Å². The van der Waals surface area contributed by atoms with Crippen LogP contribution in [0.2, 0.25) is 0 Å². The fourth-order valence-electron chi connectivity index (χ4n) is 2.44. The molecule has 0 amide bonds.